The molecule has 1 aliphatic heterocycles. The summed E-state index contributed by atoms with van der Waals surface area (Å²) in [4.78, 5) is 19.0. The summed E-state index contributed by atoms with van der Waals surface area (Å²) >= 11 is 0. The zero-order chi connectivity index (χ0) is 19.2. The summed E-state index contributed by atoms with van der Waals surface area (Å²) in [7, 11) is 0. The molecule has 0 fully saturated rings. The molecule has 0 bridgehead atoms. The van der Waals surface area contributed by atoms with Crippen LogP contribution in [-0.4, -0.2) is 16.5 Å². The smallest absolute Gasteiger partial charge is 0.387 e. The minimum atomic E-state index is -4.74. The molecule has 0 amide bonds. The van der Waals surface area contributed by atoms with Gasteiger partial charge in [-0.1, -0.05) is 12.1 Å². The van der Waals surface area contributed by atoms with Crippen LogP contribution in [0.2, 0.25) is 0 Å². The lowest BCUT2D eigenvalue weighted by Gasteiger charge is -2.16. The van der Waals surface area contributed by atoms with Gasteiger partial charge in [-0.05, 0) is 18.2 Å². The number of hydrogen-bond donors (Lipinski definition) is 3. The van der Waals surface area contributed by atoms with E-state index in [1.165, 1.54) is 12.3 Å². The van der Waals surface area contributed by atoms with Crippen molar-refractivity contribution >= 4 is 34.7 Å². The van der Waals surface area contributed by atoms with Gasteiger partial charge in [-0.25, -0.2) is 9.37 Å². The molecule has 4 rings (SSSR count). The predicted octanol–water partition coefficient (Wildman–Crippen LogP) is 1.95. The minimum absolute atomic E-state index is 0.0384. The minimum Gasteiger partial charge on any atom is -0.387 e. The van der Waals surface area contributed by atoms with Gasteiger partial charge in [0.25, 0.3) is 5.56 Å². The summed E-state index contributed by atoms with van der Waals surface area (Å²) in [6.07, 6.45) is -0.0929. The molecule has 5 nitrogen and oxygen atoms in total. The molecule has 3 heterocycles. The number of halogens is 4. The Morgan fingerprint density at radius 3 is 2.74 bits per heavy atom. The third-order valence-electron chi connectivity index (χ3n) is 4.22. The van der Waals surface area contributed by atoms with Crippen molar-refractivity contribution in [1.82, 2.24) is 15.3 Å². The number of para-hydroxylation sites is 1. The van der Waals surface area contributed by atoms with Crippen LogP contribution in [-0.2, 0) is 6.18 Å². The lowest BCUT2D eigenvalue weighted by Crippen LogP contribution is -2.38. The summed E-state index contributed by atoms with van der Waals surface area (Å²) in [5.41, 5.74) is -1.95. The fourth-order valence-electron chi connectivity index (χ4n) is 3.04. The number of pyridine rings is 2. The maximum atomic E-state index is 14.2. The molecule has 0 saturated carbocycles. The van der Waals surface area contributed by atoms with Crippen LogP contribution < -0.4 is 26.6 Å². The maximum Gasteiger partial charge on any atom is 0.418 e. The third-order valence-corrected chi connectivity index (χ3v) is 4.22. The second kappa shape index (κ2) is 6.11. The fourth-order valence-corrected chi connectivity index (χ4v) is 3.04. The SMILES string of the molecule is O=c1[nH]ccc2nc(Nc3c(F)cccc3C(F)(F)F)c3c(c12)=CNCC=3. The normalized spacial score (nSPS) is 13.3. The largest absolute Gasteiger partial charge is 0.418 e. The van der Waals surface area contributed by atoms with Crippen molar-refractivity contribution in [2.45, 2.75) is 6.18 Å². The Labute approximate surface area is 149 Å². The number of fused-ring (bicyclic) bond motifs is 3. The molecule has 1 aliphatic rings. The molecular weight excluding hydrogens is 364 g/mol. The second-order valence-corrected chi connectivity index (χ2v) is 5.90. The summed E-state index contributed by atoms with van der Waals surface area (Å²) in [5.74, 6) is -1.01. The van der Waals surface area contributed by atoms with Crippen molar-refractivity contribution in [3.05, 3.63) is 62.6 Å². The topological polar surface area (TPSA) is 69.8 Å². The Bertz CT molecular complexity index is 1230. The maximum absolute atomic E-state index is 14.2. The summed E-state index contributed by atoms with van der Waals surface area (Å²) in [6, 6.07) is 4.25. The Balaban J connectivity index is 2.00. The molecule has 2 aromatic heterocycles. The van der Waals surface area contributed by atoms with Crippen LogP contribution in [0.15, 0.2) is 35.3 Å². The van der Waals surface area contributed by atoms with Crippen LogP contribution in [0, 0.1) is 5.82 Å². The Hall–Kier alpha value is -3.36. The van der Waals surface area contributed by atoms with Crippen molar-refractivity contribution in [2.75, 3.05) is 11.9 Å². The predicted molar refractivity (Wildman–Crippen MR) is 93.2 cm³/mol. The number of nitrogens with zero attached hydrogens (tertiary/aromatic N) is 1. The van der Waals surface area contributed by atoms with E-state index in [-0.39, 0.29) is 16.9 Å². The lowest BCUT2D eigenvalue weighted by atomic mass is 10.1. The molecule has 3 N–H and O–H groups in total. The van der Waals surface area contributed by atoms with Crippen molar-refractivity contribution in [1.29, 1.82) is 0 Å². The first-order chi connectivity index (χ1) is 12.9. The van der Waals surface area contributed by atoms with E-state index in [4.69, 9.17) is 0 Å². The van der Waals surface area contributed by atoms with E-state index >= 15 is 0 Å². The van der Waals surface area contributed by atoms with Gasteiger partial charge in [0.1, 0.15) is 11.6 Å². The highest BCUT2D eigenvalue weighted by Gasteiger charge is 2.35. The van der Waals surface area contributed by atoms with Crippen LogP contribution in [0.3, 0.4) is 0 Å². The molecule has 9 heteroatoms. The molecule has 0 spiro atoms. The van der Waals surface area contributed by atoms with Gasteiger partial charge < -0.3 is 15.6 Å². The van der Waals surface area contributed by atoms with E-state index in [2.05, 4.69) is 20.6 Å². The molecule has 0 unspecified atom stereocenters. The summed E-state index contributed by atoms with van der Waals surface area (Å²) in [6.45, 7) is 0.392. The van der Waals surface area contributed by atoms with E-state index < -0.39 is 23.2 Å². The van der Waals surface area contributed by atoms with Gasteiger partial charge in [0.15, 0.2) is 0 Å². The van der Waals surface area contributed by atoms with Gasteiger partial charge in [0.2, 0.25) is 0 Å². The molecule has 0 atom stereocenters. The Morgan fingerprint density at radius 1 is 1.15 bits per heavy atom. The quantitative estimate of drug-likeness (QED) is 0.598. The van der Waals surface area contributed by atoms with Gasteiger partial charge in [0, 0.05) is 29.4 Å². The Kier molecular flexibility index (Phi) is 3.87. The van der Waals surface area contributed by atoms with E-state index in [0.717, 1.165) is 18.2 Å². The summed E-state index contributed by atoms with van der Waals surface area (Å²) < 4.78 is 54.0. The average Bonchev–Trinajstić information content (AvgIpc) is 2.62. The second-order valence-electron chi connectivity index (χ2n) is 5.90. The molecule has 3 aromatic rings. The van der Waals surface area contributed by atoms with Crippen LogP contribution in [0.1, 0.15) is 5.56 Å². The standard InChI is InChI=1S/C18H12F4N4O/c19-12-3-1-2-11(18(20,21)22)15(12)26-16-9-4-6-23-8-10(9)14-13(25-16)5-7-24-17(14)27/h1-5,7-8,23H,6H2,(H,24,27)(H,25,26). The number of nitrogens with one attached hydrogen (secondary N) is 3. The lowest BCUT2D eigenvalue weighted by molar-refractivity contribution is -0.137. The number of anilines is 2. The van der Waals surface area contributed by atoms with E-state index in [0.29, 0.717) is 22.4 Å². The molecule has 27 heavy (non-hydrogen) atoms. The van der Waals surface area contributed by atoms with Crippen LogP contribution in [0.5, 0.6) is 0 Å². The molecule has 0 aliphatic carbocycles. The molecule has 1 aromatic carbocycles. The van der Waals surface area contributed by atoms with Crippen molar-refractivity contribution in [2.24, 2.45) is 0 Å². The zero-order valence-corrected chi connectivity index (χ0v) is 13.6. The molecule has 138 valence electrons. The number of H-pyrrole nitrogens is 1. The number of benzene rings is 1. The Morgan fingerprint density at radius 2 is 1.96 bits per heavy atom. The van der Waals surface area contributed by atoms with Crippen LogP contribution in [0.4, 0.5) is 29.1 Å². The van der Waals surface area contributed by atoms with E-state index in [1.54, 1.807) is 12.3 Å². The highest BCUT2D eigenvalue weighted by Crippen LogP contribution is 2.36. The van der Waals surface area contributed by atoms with Gasteiger partial charge in [-0.2, -0.15) is 13.2 Å². The van der Waals surface area contributed by atoms with Crippen molar-refractivity contribution in [3.63, 3.8) is 0 Å². The summed E-state index contributed by atoms with van der Waals surface area (Å²) in [5, 5.41) is 6.64. The van der Waals surface area contributed by atoms with Gasteiger partial charge in [0.05, 0.1) is 22.2 Å². The number of aromatic amines is 1. The fraction of sp³-hybridized carbons (Fsp3) is 0.111. The monoisotopic (exact) mass is 376 g/mol. The molecular formula is C18H12F4N4O. The van der Waals surface area contributed by atoms with Crippen LogP contribution in [0.25, 0.3) is 23.2 Å². The average molecular weight is 376 g/mol. The van der Waals surface area contributed by atoms with Gasteiger partial charge >= 0.3 is 6.18 Å². The number of aromatic nitrogens is 2. The van der Waals surface area contributed by atoms with E-state index in [9.17, 15) is 22.4 Å². The van der Waals surface area contributed by atoms with Crippen molar-refractivity contribution in [3.8, 4) is 0 Å². The van der Waals surface area contributed by atoms with E-state index in [1.807, 2.05) is 0 Å². The van der Waals surface area contributed by atoms with Crippen LogP contribution >= 0.6 is 0 Å². The van der Waals surface area contributed by atoms with Gasteiger partial charge in [-0.15, -0.1) is 0 Å². The first-order valence-electron chi connectivity index (χ1n) is 7.94. The van der Waals surface area contributed by atoms with Crippen molar-refractivity contribution < 1.29 is 17.6 Å². The number of rotatable bonds is 2. The van der Waals surface area contributed by atoms with Gasteiger partial charge in [-0.3, -0.25) is 4.79 Å². The number of alkyl halides is 3. The number of hydrogen-bond acceptors (Lipinski definition) is 4. The third kappa shape index (κ3) is 2.90. The molecule has 0 saturated heterocycles. The molecule has 0 radical (unpaired) electrons. The zero-order valence-electron chi connectivity index (χ0n) is 13.6. The highest BCUT2D eigenvalue weighted by molar-refractivity contribution is 5.82. The first-order valence-corrected chi connectivity index (χ1v) is 7.94. The first kappa shape index (κ1) is 17.1. The highest BCUT2D eigenvalue weighted by atomic mass is 19.4.